The molecule has 2 rings (SSSR count). The van der Waals surface area contributed by atoms with Crippen LogP contribution in [-0.4, -0.2) is 20.1 Å². The zero-order valence-corrected chi connectivity index (χ0v) is 11.6. The molecule has 0 aliphatic carbocycles. The zero-order valence-electron chi connectivity index (χ0n) is 11.6. The second-order valence-corrected chi connectivity index (χ2v) is 4.37. The van der Waals surface area contributed by atoms with Gasteiger partial charge in [-0.2, -0.15) is 0 Å². The molecule has 2 aromatic carbocycles. The molecule has 0 unspecified atom stereocenters. The molecule has 0 aromatic heterocycles. The van der Waals surface area contributed by atoms with Gasteiger partial charge in [-0.1, -0.05) is 18.2 Å². The van der Waals surface area contributed by atoms with Crippen LogP contribution in [0.4, 0.5) is 11.4 Å². The Balaban J connectivity index is 2.14. The Morgan fingerprint density at radius 3 is 2.45 bits per heavy atom. The average Bonchev–Trinajstić information content (AvgIpc) is 2.49. The van der Waals surface area contributed by atoms with Crippen molar-refractivity contribution in [3.63, 3.8) is 0 Å². The van der Waals surface area contributed by atoms with Gasteiger partial charge >= 0.3 is 0 Å². The molecule has 0 saturated carbocycles. The van der Waals surface area contributed by atoms with Crippen LogP contribution in [0.2, 0.25) is 0 Å². The van der Waals surface area contributed by atoms with Crippen LogP contribution in [-0.2, 0) is 11.3 Å². The molecular weight excluding hydrogens is 252 g/mol. The Morgan fingerprint density at radius 1 is 1.10 bits per heavy atom. The highest BCUT2D eigenvalue weighted by atomic mass is 16.5. The quantitative estimate of drug-likeness (QED) is 0.877. The Kier molecular flexibility index (Phi) is 4.74. The van der Waals surface area contributed by atoms with E-state index in [0.717, 1.165) is 16.9 Å². The molecule has 0 heterocycles. The van der Waals surface area contributed by atoms with Crippen LogP contribution in [0.15, 0.2) is 48.5 Å². The highest BCUT2D eigenvalue weighted by Crippen LogP contribution is 2.17. The van der Waals surface area contributed by atoms with Crippen molar-refractivity contribution in [1.82, 2.24) is 0 Å². The van der Waals surface area contributed by atoms with Gasteiger partial charge in [0.05, 0.1) is 6.61 Å². The predicted octanol–water partition coefficient (Wildman–Crippen LogP) is 3.13. The average molecular weight is 270 g/mol. The van der Waals surface area contributed by atoms with Crippen LogP contribution in [0, 0.1) is 0 Å². The fourth-order valence-electron chi connectivity index (χ4n) is 1.91. The maximum atomic E-state index is 12.2. The number of benzene rings is 2. The summed E-state index contributed by atoms with van der Waals surface area (Å²) < 4.78 is 5.13. The number of carbonyl (C=O) groups excluding carboxylic acids is 1. The second kappa shape index (κ2) is 6.73. The molecule has 0 bridgehead atoms. The SMILES string of the molecule is CNc1ccc(C(=O)Nc2ccccc2COC)cc1. The summed E-state index contributed by atoms with van der Waals surface area (Å²) in [6.07, 6.45) is 0. The molecule has 20 heavy (non-hydrogen) atoms. The van der Waals surface area contributed by atoms with E-state index >= 15 is 0 Å². The van der Waals surface area contributed by atoms with Crippen LogP contribution < -0.4 is 10.6 Å². The minimum Gasteiger partial charge on any atom is -0.388 e. The number of hydrogen-bond acceptors (Lipinski definition) is 3. The molecule has 2 aromatic rings. The molecule has 4 heteroatoms. The molecule has 4 nitrogen and oxygen atoms in total. The van der Waals surface area contributed by atoms with Gasteiger partial charge in [-0.05, 0) is 30.3 Å². The first kappa shape index (κ1) is 14.1. The summed E-state index contributed by atoms with van der Waals surface area (Å²) in [6.45, 7) is 0.467. The van der Waals surface area contributed by atoms with Gasteiger partial charge in [0, 0.05) is 36.7 Å². The number of anilines is 2. The molecule has 1 amide bonds. The molecule has 0 aliphatic rings. The summed E-state index contributed by atoms with van der Waals surface area (Å²) in [4.78, 5) is 12.2. The Bertz CT molecular complexity index is 579. The van der Waals surface area contributed by atoms with E-state index in [9.17, 15) is 4.79 Å². The van der Waals surface area contributed by atoms with E-state index in [1.807, 2.05) is 43.4 Å². The summed E-state index contributed by atoms with van der Waals surface area (Å²) in [5.74, 6) is -0.129. The topological polar surface area (TPSA) is 50.4 Å². The van der Waals surface area contributed by atoms with Crippen molar-refractivity contribution >= 4 is 17.3 Å². The van der Waals surface area contributed by atoms with Gasteiger partial charge in [0.25, 0.3) is 5.91 Å². The number of amides is 1. The number of methoxy groups -OCH3 is 1. The Labute approximate surface area is 118 Å². The third kappa shape index (κ3) is 3.36. The largest absolute Gasteiger partial charge is 0.388 e. The van der Waals surface area contributed by atoms with E-state index in [0.29, 0.717) is 12.2 Å². The first-order chi connectivity index (χ1) is 9.74. The number of carbonyl (C=O) groups is 1. The highest BCUT2D eigenvalue weighted by Gasteiger charge is 2.08. The summed E-state index contributed by atoms with van der Waals surface area (Å²) in [7, 11) is 3.48. The van der Waals surface area contributed by atoms with Crippen LogP contribution in [0.1, 0.15) is 15.9 Å². The van der Waals surface area contributed by atoms with Crippen molar-refractivity contribution in [3.05, 3.63) is 59.7 Å². The number of hydrogen-bond donors (Lipinski definition) is 2. The lowest BCUT2D eigenvalue weighted by Gasteiger charge is -2.10. The third-order valence-corrected chi connectivity index (χ3v) is 3.00. The summed E-state index contributed by atoms with van der Waals surface area (Å²) >= 11 is 0. The minimum absolute atomic E-state index is 0.129. The summed E-state index contributed by atoms with van der Waals surface area (Å²) in [5, 5.41) is 5.93. The van der Waals surface area contributed by atoms with Crippen molar-refractivity contribution < 1.29 is 9.53 Å². The number of nitrogens with one attached hydrogen (secondary N) is 2. The third-order valence-electron chi connectivity index (χ3n) is 3.00. The normalized spacial score (nSPS) is 10.1. The second-order valence-electron chi connectivity index (χ2n) is 4.37. The lowest BCUT2D eigenvalue weighted by Crippen LogP contribution is -2.13. The Hall–Kier alpha value is -2.33. The Morgan fingerprint density at radius 2 is 1.80 bits per heavy atom. The fraction of sp³-hybridized carbons (Fsp3) is 0.188. The maximum absolute atomic E-state index is 12.2. The maximum Gasteiger partial charge on any atom is 0.255 e. The zero-order chi connectivity index (χ0) is 14.4. The fourth-order valence-corrected chi connectivity index (χ4v) is 1.91. The van der Waals surface area contributed by atoms with E-state index in [4.69, 9.17) is 4.74 Å². The minimum atomic E-state index is -0.129. The van der Waals surface area contributed by atoms with Gasteiger partial charge in [-0.25, -0.2) is 0 Å². The first-order valence-electron chi connectivity index (χ1n) is 6.40. The highest BCUT2D eigenvalue weighted by molar-refractivity contribution is 6.04. The predicted molar refractivity (Wildman–Crippen MR) is 81.1 cm³/mol. The summed E-state index contributed by atoms with van der Waals surface area (Å²) in [6, 6.07) is 14.9. The van der Waals surface area contributed by atoms with Crippen molar-refractivity contribution in [2.24, 2.45) is 0 Å². The van der Waals surface area contributed by atoms with Gasteiger partial charge in [0.1, 0.15) is 0 Å². The van der Waals surface area contributed by atoms with Crippen molar-refractivity contribution in [2.75, 3.05) is 24.8 Å². The smallest absolute Gasteiger partial charge is 0.255 e. The van der Waals surface area contributed by atoms with Gasteiger partial charge in [-0.15, -0.1) is 0 Å². The molecule has 2 N–H and O–H groups in total. The van der Waals surface area contributed by atoms with Crippen molar-refractivity contribution in [1.29, 1.82) is 0 Å². The van der Waals surface area contributed by atoms with E-state index in [1.54, 1.807) is 19.2 Å². The monoisotopic (exact) mass is 270 g/mol. The van der Waals surface area contributed by atoms with Crippen molar-refractivity contribution in [3.8, 4) is 0 Å². The van der Waals surface area contributed by atoms with E-state index in [2.05, 4.69) is 10.6 Å². The molecule has 0 fully saturated rings. The molecular formula is C16H18N2O2. The number of para-hydroxylation sites is 1. The van der Waals surface area contributed by atoms with Gasteiger partial charge in [0.2, 0.25) is 0 Å². The van der Waals surface area contributed by atoms with Gasteiger partial charge in [0.15, 0.2) is 0 Å². The molecule has 0 radical (unpaired) electrons. The molecule has 0 atom stereocenters. The standard InChI is InChI=1S/C16H18N2O2/c1-17-14-9-7-12(8-10-14)16(19)18-15-6-4-3-5-13(15)11-20-2/h3-10,17H,11H2,1-2H3,(H,18,19). The van der Waals surface area contributed by atoms with Gasteiger partial charge < -0.3 is 15.4 Å². The molecule has 0 aliphatic heterocycles. The van der Waals surface area contributed by atoms with Crippen LogP contribution >= 0.6 is 0 Å². The lowest BCUT2D eigenvalue weighted by atomic mass is 10.1. The van der Waals surface area contributed by atoms with E-state index < -0.39 is 0 Å². The number of ether oxygens (including phenoxy) is 1. The van der Waals surface area contributed by atoms with Crippen LogP contribution in [0.5, 0.6) is 0 Å². The molecule has 0 saturated heterocycles. The van der Waals surface area contributed by atoms with E-state index in [-0.39, 0.29) is 5.91 Å². The lowest BCUT2D eigenvalue weighted by molar-refractivity contribution is 0.102. The number of rotatable bonds is 5. The van der Waals surface area contributed by atoms with E-state index in [1.165, 1.54) is 0 Å². The molecule has 0 spiro atoms. The van der Waals surface area contributed by atoms with Gasteiger partial charge in [-0.3, -0.25) is 4.79 Å². The first-order valence-corrected chi connectivity index (χ1v) is 6.40. The van der Waals surface area contributed by atoms with Crippen molar-refractivity contribution in [2.45, 2.75) is 6.61 Å². The molecule has 104 valence electrons. The van der Waals surface area contributed by atoms with Crippen LogP contribution in [0.25, 0.3) is 0 Å². The summed E-state index contributed by atoms with van der Waals surface area (Å²) in [5.41, 5.74) is 3.32. The van der Waals surface area contributed by atoms with Crippen LogP contribution in [0.3, 0.4) is 0 Å².